The Bertz CT molecular complexity index is 520. The number of hydrogen-bond donors (Lipinski definition) is 2. The van der Waals surface area contributed by atoms with E-state index < -0.39 is 11.9 Å². The number of rotatable bonds is 2. The second kappa shape index (κ2) is 7.43. The number of benzene rings is 1. The molecule has 1 aliphatic rings. The molecular formula is C14H14O4S. The van der Waals surface area contributed by atoms with Gasteiger partial charge in [0.15, 0.2) is 0 Å². The minimum atomic E-state index is -1.12. The maximum Gasteiger partial charge on any atom is 0.335 e. The molecule has 0 aliphatic carbocycles. The molecule has 1 aliphatic heterocycles. The Labute approximate surface area is 115 Å². The third-order valence-corrected chi connectivity index (χ3v) is 3.06. The summed E-state index contributed by atoms with van der Waals surface area (Å²) in [6.45, 7) is 1.62. The lowest BCUT2D eigenvalue weighted by Crippen LogP contribution is -2.03. The van der Waals surface area contributed by atoms with Crippen molar-refractivity contribution in [3.05, 3.63) is 58.5 Å². The molecule has 4 nitrogen and oxygen atoms in total. The summed E-state index contributed by atoms with van der Waals surface area (Å²) < 4.78 is 0. The van der Waals surface area contributed by atoms with Crippen LogP contribution in [0.4, 0.5) is 0 Å². The van der Waals surface area contributed by atoms with Gasteiger partial charge in [-0.05, 0) is 30.0 Å². The average Bonchev–Trinajstić information content (AvgIpc) is 2.41. The maximum absolute atomic E-state index is 10.6. The first-order chi connectivity index (χ1) is 9.02. The Hall–Kier alpha value is -2.01. The maximum atomic E-state index is 10.6. The van der Waals surface area contributed by atoms with Gasteiger partial charge in [-0.15, -0.1) is 11.8 Å². The van der Waals surface area contributed by atoms with Crippen molar-refractivity contribution in [3.8, 4) is 0 Å². The minimum absolute atomic E-state index is 0.0111. The molecular weight excluding hydrogens is 264 g/mol. The standard InChI is InChI=1S/C9H8O4.C5H6S/c1-5-2-3-6(8(10)11)4-7(5)9(12)13;1-2-4-6-5-3-1/h2-4H,1H3,(H,10,11)(H,12,13);1-4H,5H2. The number of thioether (sulfide) groups is 1. The zero-order valence-corrected chi connectivity index (χ0v) is 11.2. The Morgan fingerprint density at radius 1 is 1.16 bits per heavy atom. The van der Waals surface area contributed by atoms with Gasteiger partial charge in [-0.3, -0.25) is 0 Å². The van der Waals surface area contributed by atoms with Crippen molar-refractivity contribution in [3.63, 3.8) is 0 Å². The first-order valence-electron chi connectivity index (χ1n) is 5.53. The van der Waals surface area contributed by atoms with Crippen LogP contribution in [-0.2, 0) is 0 Å². The monoisotopic (exact) mass is 278 g/mol. The van der Waals surface area contributed by atoms with Crippen molar-refractivity contribution in [2.24, 2.45) is 0 Å². The number of allylic oxidation sites excluding steroid dienone is 2. The summed E-state index contributed by atoms with van der Waals surface area (Å²) in [5.74, 6) is -1.08. The van der Waals surface area contributed by atoms with Crippen molar-refractivity contribution in [2.75, 3.05) is 5.75 Å². The summed E-state index contributed by atoms with van der Waals surface area (Å²) in [7, 11) is 0. The Balaban J connectivity index is 0.000000250. The molecule has 0 fully saturated rings. The van der Waals surface area contributed by atoms with Crippen LogP contribution in [0.1, 0.15) is 26.3 Å². The molecule has 0 saturated carbocycles. The highest BCUT2D eigenvalue weighted by Gasteiger charge is 2.10. The summed E-state index contributed by atoms with van der Waals surface area (Å²) in [5.41, 5.74) is 0.570. The van der Waals surface area contributed by atoms with Gasteiger partial charge < -0.3 is 10.2 Å². The van der Waals surface area contributed by atoms with Crippen LogP contribution in [0, 0.1) is 6.92 Å². The van der Waals surface area contributed by atoms with Gasteiger partial charge in [-0.25, -0.2) is 9.59 Å². The van der Waals surface area contributed by atoms with Gasteiger partial charge in [0.25, 0.3) is 0 Å². The van der Waals surface area contributed by atoms with Gasteiger partial charge in [-0.2, -0.15) is 0 Å². The topological polar surface area (TPSA) is 74.6 Å². The molecule has 5 heteroatoms. The summed E-state index contributed by atoms with van der Waals surface area (Å²) in [6, 6.07) is 4.01. The molecule has 0 amide bonds. The average molecular weight is 278 g/mol. The molecule has 1 aromatic carbocycles. The highest BCUT2D eigenvalue weighted by molar-refractivity contribution is 8.02. The largest absolute Gasteiger partial charge is 0.478 e. The fraction of sp³-hybridized carbons (Fsp3) is 0.143. The molecule has 0 aromatic heterocycles. The third-order valence-electron chi connectivity index (χ3n) is 2.33. The third kappa shape index (κ3) is 5.01. The Kier molecular flexibility index (Phi) is 5.89. The fourth-order valence-corrected chi connectivity index (χ4v) is 1.87. The van der Waals surface area contributed by atoms with E-state index in [1.54, 1.807) is 6.92 Å². The Morgan fingerprint density at radius 3 is 2.26 bits per heavy atom. The summed E-state index contributed by atoms with van der Waals surface area (Å²) >= 11 is 1.83. The SMILES string of the molecule is C1=CCSC=C1.Cc1ccc(C(=O)O)cc1C(=O)O. The van der Waals surface area contributed by atoms with E-state index in [1.165, 1.54) is 12.1 Å². The predicted molar refractivity (Wildman–Crippen MR) is 75.8 cm³/mol. The van der Waals surface area contributed by atoms with Gasteiger partial charge in [0.2, 0.25) is 0 Å². The molecule has 100 valence electrons. The molecule has 1 heterocycles. The predicted octanol–water partition coefficient (Wildman–Crippen LogP) is 3.19. The second-order valence-corrected chi connectivity index (χ2v) is 4.67. The van der Waals surface area contributed by atoms with Crippen molar-refractivity contribution in [2.45, 2.75) is 6.92 Å². The van der Waals surface area contributed by atoms with E-state index >= 15 is 0 Å². The summed E-state index contributed by atoms with van der Waals surface area (Å²) in [5, 5.41) is 19.4. The van der Waals surface area contributed by atoms with E-state index in [9.17, 15) is 9.59 Å². The van der Waals surface area contributed by atoms with Crippen molar-refractivity contribution in [1.82, 2.24) is 0 Å². The van der Waals surface area contributed by atoms with Crippen molar-refractivity contribution in [1.29, 1.82) is 0 Å². The second-order valence-electron chi connectivity index (χ2n) is 3.73. The lowest BCUT2D eigenvalue weighted by atomic mass is 10.1. The molecule has 0 radical (unpaired) electrons. The summed E-state index contributed by atoms with van der Waals surface area (Å²) in [6.07, 6.45) is 6.26. The zero-order chi connectivity index (χ0) is 14.3. The number of carboxylic acids is 2. The quantitative estimate of drug-likeness (QED) is 0.869. The molecule has 1 aromatic rings. The van der Waals surface area contributed by atoms with Gasteiger partial charge >= 0.3 is 11.9 Å². The van der Waals surface area contributed by atoms with Crippen LogP contribution in [0.15, 0.2) is 41.8 Å². The van der Waals surface area contributed by atoms with Crippen molar-refractivity contribution < 1.29 is 19.8 Å². The molecule has 0 unspecified atom stereocenters. The van der Waals surface area contributed by atoms with Crippen LogP contribution in [0.2, 0.25) is 0 Å². The highest BCUT2D eigenvalue weighted by Crippen LogP contribution is 2.11. The molecule has 0 spiro atoms. The van der Waals surface area contributed by atoms with E-state index in [0.29, 0.717) is 5.56 Å². The van der Waals surface area contributed by atoms with Crippen LogP contribution in [0.25, 0.3) is 0 Å². The number of aryl methyl sites for hydroxylation is 1. The van der Waals surface area contributed by atoms with Crippen LogP contribution in [-0.4, -0.2) is 27.9 Å². The van der Waals surface area contributed by atoms with E-state index in [0.717, 1.165) is 11.8 Å². The molecule has 2 N–H and O–H groups in total. The lowest BCUT2D eigenvalue weighted by molar-refractivity contribution is 0.0695. The smallest absolute Gasteiger partial charge is 0.335 e. The van der Waals surface area contributed by atoms with E-state index in [1.807, 2.05) is 17.8 Å². The molecule has 0 saturated heterocycles. The van der Waals surface area contributed by atoms with Crippen LogP contribution in [0.3, 0.4) is 0 Å². The van der Waals surface area contributed by atoms with Crippen LogP contribution in [0.5, 0.6) is 0 Å². The highest BCUT2D eigenvalue weighted by atomic mass is 32.2. The molecule has 2 rings (SSSR count). The van der Waals surface area contributed by atoms with Gasteiger partial charge in [0.1, 0.15) is 0 Å². The normalized spacial score (nSPS) is 12.5. The first kappa shape index (κ1) is 15.0. The van der Waals surface area contributed by atoms with Gasteiger partial charge in [-0.1, -0.05) is 24.3 Å². The number of carbonyl (C=O) groups is 2. The number of aromatic carboxylic acids is 2. The lowest BCUT2D eigenvalue weighted by Gasteiger charge is -2.01. The van der Waals surface area contributed by atoms with Crippen molar-refractivity contribution >= 4 is 23.7 Å². The molecule has 19 heavy (non-hydrogen) atoms. The first-order valence-corrected chi connectivity index (χ1v) is 6.57. The zero-order valence-electron chi connectivity index (χ0n) is 10.4. The minimum Gasteiger partial charge on any atom is -0.478 e. The van der Waals surface area contributed by atoms with Crippen LogP contribution >= 0.6 is 11.8 Å². The Morgan fingerprint density at radius 2 is 1.89 bits per heavy atom. The van der Waals surface area contributed by atoms with E-state index in [4.69, 9.17) is 10.2 Å². The fourth-order valence-electron chi connectivity index (χ4n) is 1.33. The molecule has 0 bridgehead atoms. The van der Waals surface area contributed by atoms with Gasteiger partial charge in [0.05, 0.1) is 11.1 Å². The van der Waals surface area contributed by atoms with Crippen LogP contribution < -0.4 is 0 Å². The number of carboxylic acid groups (broad SMARTS) is 2. The summed E-state index contributed by atoms with van der Waals surface area (Å²) in [4.78, 5) is 21.1. The van der Waals surface area contributed by atoms with Gasteiger partial charge in [0, 0.05) is 5.75 Å². The van der Waals surface area contributed by atoms with E-state index in [-0.39, 0.29) is 11.1 Å². The van der Waals surface area contributed by atoms with E-state index in [2.05, 4.69) is 17.6 Å². The molecule has 0 atom stereocenters. The number of hydrogen-bond acceptors (Lipinski definition) is 3.